The SMILES string of the molecule is CCOC(=O)/C(=C1/N=C([O-])C=C(c2ccc(C)cc2)O1)[n+]1ccccc1. The first kappa shape index (κ1) is 17.4. The highest BCUT2D eigenvalue weighted by atomic mass is 16.5. The summed E-state index contributed by atoms with van der Waals surface area (Å²) in [6.45, 7) is 3.87. The summed E-state index contributed by atoms with van der Waals surface area (Å²) in [6, 6.07) is 12.8. The summed E-state index contributed by atoms with van der Waals surface area (Å²) in [5.74, 6) is -0.887. The van der Waals surface area contributed by atoms with Crippen molar-refractivity contribution in [3.8, 4) is 0 Å². The Labute approximate surface area is 151 Å². The molecule has 0 saturated carbocycles. The Bertz CT molecular complexity index is 897. The van der Waals surface area contributed by atoms with E-state index in [1.165, 1.54) is 10.6 Å². The van der Waals surface area contributed by atoms with Crippen molar-refractivity contribution in [3.63, 3.8) is 0 Å². The monoisotopic (exact) mass is 350 g/mol. The van der Waals surface area contributed by atoms with Gasteiger partial charge in [-0.15, -0.1) is 0 Å². The maximum atomic E-state index is 12.5. The van der Waals surface area contributed by atoms with E-state index in [4.69, 9.17) is 9.47 Å². The number of rotatable bonds is 4. The number of esters is 1. The van der Waals surface area contributed by atoms with Gasteiger partial charge in [-0.1, -0.05) is 35.9 Å². The quantitative estimate of drug-likeness (QED) is 0.479. The third kappa shape index (κ3) is 3.80. The largest absolute Gasteiger partial charge is 0.858 e. The van der Waals surface area contributed by atoms with E-state index < -0.39 is 11.9 Å². The predicted molar refractivity (Wildman–Crippen MR) is 94.2 cm³/mol. The molecule has 6 heteroatoms. The lowest BCUT2D eigenvalue weighted by Gasteiger charge is -2.19. The Balaban J connectivity index is 2.07. The molecule has 2 heterocycles. The molecule has 0 saturated heterocycles. The maximum Gasteiger partial charge on any atom is 0.410 e. The van der Waals surface area contributed by atoms with Crippen LogP contribution in [0.4, 0.5) is 0 Å². The van der Waals surface area contributed by atoms with Crippen LogP contribution in [0.2, 0.25) is 0 Å². The van der Waals surface area contributed by atoms with Crippen molar-refractivity contribution in [1.82, 2.24) is 0 Å². The molecule has 26 heavy (non-hydrogen) atoms. The van der Waals surface area contributed by atoms with Gasteiger partial charge < -0.3 is 14.6 Å². The highest BCUT2D eigenvalue weighted by molar-refractivity contribution is 6.07. The second-order valence-corrected chi connectivity index (χ2v) is 5.58. The van der Waals surface area contributed by atoms with Gasteiger partial charge in [0.05, 0.1) is 6.61 Å². The predicted octanol–water partition coefficient (Wildman–Crippen LogP) is 1.80. The van der Waals surface area contributed by atoms with Crippen molar-refractivity contribution >= 4 is 23.3 Å². The molecular weight excluding hydrogens is 332 g/mol. The van der Waals surface area contributed by atoms with E-state index in [1.807, 2.05) is 37.3 Å². The van der Waals surface area contributed by atoms with E-state index in [0.29, 0.717) is 5.76 Å². The smallest absolute Gasteiger partial charge is 0.410 e. The molecule has 132 valence electrons. The molecule has 0 radical (unpaired) electrons. The molecule has 0 aliphatic carbocycles. The lowest BCUT2D eigenvalue weighted by molar-refractivity contribution is -0.580. The normalized spacial score (nSPS) is 15.5. The van der Waals surface area contributed by atoms with Gasteiger partial charge in [0.2, 0.25) is 0 Å². The Kier molecular flexibility index (Phi) is 5.12. The van der Waals surface area contributed by atoms with Crippen LogP contribution in [-0.4, -0.2) is 18.5 Å². The minimum atomic E-state index is -0.625. The Morgan fingerprint density at radius 1 is 1.19 bits per heavy atom. The first-order valence-corrected chi connectivity index (χ1v) is 8.19. The fourth-order valence-electron chi connectivity index (χ4n) is 2.41. The number of carbonyl (C=O) groups excluding carboxylic acids is 1. The number of hydrogen-bond donors (Lipinski definition) is 0. The van der Waals surface area contributed by atoms with Gasteiger partial charge in [0.25, 0.3) is 0 Å². The second kappa shape index (κ2) is 7.65. The molecule has 3 rings (SSSR count). The minimum Gasteiger partial charge on any atom is -0.858 e. The molecule has 1 aliphatic heterocycles. The Morgan fingerprint density at radius 3 is 2.54 bits per heavy atom. The van der Waals surface area contributed by atoms with Gasteiger partial charge in [0.1, 0.15) is 5.76 Å². The third-order valence-electron chi connectivity index (χ3n) is 3.65. The van der Waals surface area contributed by atoms with Crippen molar-refractivity contribution in [2.24, 2.45) is 4.99 Å². The first-order valence-electron chi connectivity index (χ1n) is 8.19. The minimum absolute atomic E-state index is 0.0403. The third-order valence-corrected chi connectivity index (χ3v) is 3.65. The molecular formula is C20H18N2O4. The lowest BCUT2D eigenvalue weighted by atomic mass is 10.1. The zero-order valence-electron chi connectivity index (χ0n) is 14.5. The fourth-order valence-corrected chi connectivity index (χ4v) is 2.41. The van der Waals surface area contributed by atoms with E-state index in [0.717, 1.165) is 11.1 Å². The van der Waals surface area contributed by atoms with Crippen LogP contribution >= 0.6 is 0 Å². The molecule has 2 aromatic rings. The van der Waals surface area contributed by atoms with E-state index in [2.05, 4.69) is 4.99 Å². The van der Waals surface area contributed by atoms with Crippen molar-refractivity contribution < 1.29 is 23.9 Å². The van der Waals surface area contributed by atoms with Gasteiger partial charge in [-0.25, -0.2) is 9.79 Å². The summed E-state index contributed by atoms with van der Waals surface area (Å²) in [7, 11) is 0. The number of hydrogen-bond acceptors (Lipinski definition) is 5. The van der Waals surface area contributed by atoms with Gasteiger partial charge in [-0.2, -0.15) is 4.57 Å². The average molecular weight is 350 g/mol. The Morgan fingerprint density at radius 2 is 1.88 bits per heavy atom. The van der Waals surface area contributed by atoms with Crippen LogP contribution in [0.25, 0.3) is 11.5 Å². The molecule has 0 unspecified atom stereocenters. The van der Waals surface area contributed by atoms with Gasteiger partial charge in [-0.3, -0.25) is 0 Å². The topological polar surface area (TPSA) is 74.8 Å². The van der Waals surface area contributed by atoms with Gasteiger partial charge in [0.15, 0.2) is 12.4 Å². The number of pyridine rings is 1. The number of aryl methyl sites for hydroxylation is 1. The standard InChI is InChI=1S/C20H18N2O4/c1-3-25-20(24)18(22-11-5-4-6-12-22)19-21-17(23)13-16(26-19)15-9-7-14(2)8-10-15/h4-13H,3H2,1-2H3. The number of aliphatic imine (C=N–C) groups is 1. The van der Waals surface area contributed by atoms with Crippen LogP contribution < -0.4 is 9.67 Å². The van der Waals surface area contributed by atoms with Crippen LogP contribution in [0.15, 0.2) is 71.8 Å². The molecule has 0 fully saturated rings. The first-order chi connectivity index (χ1) is 12.6. The van der Waals surface area contributed by atoms with E-state index in [1.54, 1.807) is 31.5 Å². The average Bonchev–Trinajstić information content (AvgIpc) is 2.63. The fraction of sp³-hybridized carbons (Fsp3) is 0.150. The van der Waals surface area contributed by atoms with Crippen LogP contribution in [0, 0.1) is 6.92 Å². The number of nitrogens with zero attached hydrogens (tertiary/aromatic N) is 2. The van der Waals surface area contributed by atoms with Crippen molar-refractivity contribution in [1.29, 1.82) is 0 Å². The molecule has 1 aliphatic rings. The molecule has 6 nitrogen and oxygen atoms in total. The molecule has 1 aromatic heterocycles. The second-order valence-electron chi connectivity index (χ2n) is 5.58. The zero-order valence-corrected chi connectivity index (χ0v) is 14.5. The summed E-state index contributed by atoms with van der Waals surface area (Å²) < 4.78 is 12.4. The number of benzene rings is 1. The van der Waals surface area contributed by atoms with Crippen molar-refractivity contribution in [3.05, 3.63) is 77.9 Å². The molecule has 1 aromatic carbocycles. The van der Waals surface area contributed by atoms with Crippen LogP contribution in [0.1, 0.15) is 18.1 Å². The molecule has 0 spiro atoms. The van der Waals surface area contributed by atoms with Gasteiger partial charge >= 0.3 is 17.5 Å². The molecule has 0 atom stereocenters. The van der Waals surface area contributed by atoms with Gasteiger partial charge in [-0.05, 0) is 25.8 Å². The van der Waals surface area contributed by atoms with Crippen LogP contribution in [-0.2, 0) is 14.3 Å². The van der Waals surface area contributed by atoms with Crippen molar-refractivity contribution in [2.75, 3.05) is 6.61 Å². The number of aromatic nitrogens is 1. The van der Waals surface area contributed by atoms with E-state index >= 15 is 0 Å². The number of ether oxygens (including phenoxy) is 2. The summed E-state index contributed by atoms with van der Waals surface area (Å²) in [6.07, 6.45) is 4.62. The lowest BCUT2D eigenvalue weighted by Crippen LogP contribution is -2.38. The highest BCUT2D eigenvalue weighted by Crippen LogP contribution is 2.26. The van der Waals surface area contributed by atoms with E-state index in [-0.39, 0.29) is 18.2 Å². The van der Waals surface area contributed by atoms with Crippen LogP contribution in [0.5, 0.6) is 0 Å². The zero-order chi connectivity index (χ0) is 18.5. The summed E-state index contributed by atoms with van der Waals surface area (Å²) in [4.78, 5) is 16.3. The van der Waals surface area contributed by atoms with Crippen LogP contribution in [0.3, 0.4) is 0 Å². The van der Waals surface area contributed by atoms with E-state index in [9.17, 15) is 9.90 Å². The summed E-state index contributed by atoms with van der Waals surface area (Å²) in [5, 5.41) is 12.1. The van der Waals surface area contributed by atoms with Crippen molar-refractivity contribution in [2.45, 2.75) is 13.8 Å². The maximum absolute atomic E-state index is 12.5. The highest BCUT2D eigenvalue weighted by Gasteiger charge is 2.30. The molecule has 0 bridgehead atoms. The Hall–Kier alpha value is -3.41. The number of carbonyl (C=O) groups is 1. The summed E-state index contributed by atoms with van der Waals surface area (Å²) in [5.41, 5.74) is 1.85. The summed E-state index contributed by atoms with van der Waals surface area (Å²) >= 11 is 0. The van der Waals surface area contributed by atoms with Gasteiger partial charge in [0, 0.05) is 17.7 Å². The molecule has 0 amide bonds. The molecule has 0 N–H and O–H groups in total.